The van der Waals surface area contributed by atoms with Crippen molar-refractivity contribution in [2.24, 2.45) is 0 Å². The molecule has 2 aromatic carbocycles. The lowest BCUT2D eigenvalue weighted by Gasteiger charge is -2.08. The van der Waals surface area contributed by atoms with Crippen molar-refractivity contribution in [2.45, 2.75) is 5.75 Å². The van der Waals surface area contributed by atoms with E-state index in [-0.39, 0.29) is 5.75 Å². The molecule has 0 saturated heterocycles. The van der Waals surface area contributed by atoms with Gasteiger partial charge in [-0.3, -0.25) is 4.72 Å². The third-order valence-electron chi connectivity index (χ3n) is 3.01. The average Bonchev–Trinajstić information content (AvgIpc) is 3.02. The highest BCUT2D eigenvalue weighted by Gasteiger charge is 2.11. The van der Waals surface area contributed by atoms with Gasteiger partial charge in [-0.05, 0) is 29.2 Å². The Labute approximate surface area is 132 Å². The van der Waals surface area contributed by atoms with Gasteiger partial charge in [0.25, 0.3) is 0 Å². The standard InChI is InChI=1S/C15H13N3O2S2/c19-22(20,11-12-4-2-1-3-5-12)17-14-8-6-13(7-9-14)15-10-21-18-16-15/h1-10,17H,11H2. The molecule has 5 nitrogen and oxygen atoms in total. The lowest BCUT2D eigenvalue weighted by molar-refractivity contribution is 0.600. The van der Waals surface area contributed by atoms with Crippen LogP contribution in [0.4, 0.5) is 5.69 Å². The number of benzene rings is 2. The summed E-state index contributed by atoms with van der Waals surface area (Å²) >= 11 is 1.28. The van der Waals surface area contributed by atoms with E-state index in [0.717, 1.165) is 16.8 Å². The smallest absolute Gasteiger partial charge is 0.236 e. The number of aromatic nitrogens is 2. The number of hydrogen-bond donors (Lipinski definition) is 1. The molecule has 0 fully saturated rings. The first-order valence-electron chi connectivity index (χ1n) is 6.54. The lowest BCUT2D eigenvalue weighted by atomic mass is 10.2. The molecule has 0 spiro atoms. The maximum Gasteiger partial charge on any atom is 0.236 e. The Kier molecular flexibility index (Phi) is 4.17. The monoisotopic (exact) mass is 331 g/mol. The first kappa shape index (κ1) is 14.7. The Balaban J connectivity index is 1.72. The number of hydrogen-bond acceptors (Lipinski definition) is 5. The molecule has 3 rings (SSSR count). The van der Waals surface area contributed by atoms with Crippen molar-refractivity contribution in [1.82, 2.24) is 9.59 Å². The molecule has 0 amide bonds. The summed E-state index contributed by atoms with van der Waals surface area (Å²) < 4.78 is 30.7. The van der Waals surface area contributed by atoms with Crippen LogP contribution in [0.5, 0.6) is 0 Å². The van der Waals surface area contributed by atoms with Crippen LogP contribution < -0.4 is 4.72 Å². The van der Waals surface area contributed by atoms with Gasteiger partial charge in [-0.25, -0.2) is 8.42 Å². The zero-order valence-corrected chi connectivity index (χ0v) is 13.1. The first-order chi connectivity index (χ1) is 10.6. The van der Waals surface area contributed by atoms with Crippen LogP contribution in [0.1, 0.15) is 5.56 Å². The summed E-state index contributed by atoms with van der Waals surface area (Å²) in [5.41, 5.74) is 2.96. The molecule has 22 heavy (non-hydrogen) atoms. The summed E-state index contributed by atoms with van der Waals surface area (Å²) in [6.45, 7) is 0. The predicted octanol–water partition coefficient (Wildman–Crippen LogP) is 3.15. The molecule has 0 aliphatic heterocycles. The third-order valence-corrected chi connectivity index (χ3v) is 4.78. The summed E-state index contributed by atoms with van der Waals surface area (Å²) in [4.78, 5) is 0. The number of sulfonamides is 1. The molecule has 0 aliphatic carbocycles. The van der Waals surface area contributed by atoms with Crippen LogP contribution in [-0.4, -0.2) is 18.0 Å². The van der Waals surface area contributed by atoms with E-state index < -0.39 is 10.0 Å². The van der Waals surface area contributed by atoms with Crippen molar-refractivity contribution in [1.29, 1.82) is 0 Å². The first-order valence-corrected chi connectivity index (χ1v) is 9.03. The van der Waals surface area contributed by atoms with Crippen molar-refractivity contribution in [2.75, 3.05) is 4.72 Å². The van der Waals surface area contributed by atoms with Crippen molar-refractivity contribution in [3.8, 4) is 11.3 Å². The molecule has 0 bridgehead atoms. The van der Waals surface area contributed by atoms with E-state index >= 15 is 0 Å². The zero-order valence-electron chi connectivity index (χ0n) is 11.5. The third kappa shape index (κ3) is 3.69. The molecule has 0 aliphatic rings. The van der Waals surface area contributed by atoms with Crippen LogP contribution >= 0.6 is 11.5 Å². The van der Waals surface area contributed by atoms with E-state index in [9.17, 15) is 8.42 Å². The van der Waals surface area contributed by atoms with Gasteiger partial charge in [0.1, 0.15) is 5.69 Å². The minimum absolute atomic E-state index is 0.0500. The Morgan fingerprint density at radius 3 is 2.36 bits per heavy atom. The maximum absolute atomic E-state index is 12.2. The predicted molar refractivity (Wildman–Crippen MR) is 88.0 cm³/mol. The highest BCUT2D eigenvalue weighted by Crippen LogP contribution is 2.21. The van der Waals surface area contributed by atoms with E-state index in [4.69, 9.17) is 0 Å². The van der Waals surface area contributed by atoms with Crippen LogP contribution in [0.25, 0.3) is 11.3 Å². The van der Waals surface area contributed by atoms with Crippen molar-refractivity contribution < 1.29 is 8.42 Å². The molecular formula is C15H13N3O2S2. The molecule has 7 heteroatoms. The van der Waals surface area contributed by atoms with Gasteiger partial charge in [0.05, 0.1) is 5.75 Å². The second-order valence-corrected chi connectivity index (χ2v) is 7.05. The summed E-state index contributed by atoms with van der Waals surface area (Å²) in [5, 5.41) is 5.82. The van der Waals surface area contributed by atoms with Gasteiger partial charge >= 0.3 is 0 Å². The van der Waals surface area contributed by atoms with Gasteiger partial charge in [0.2, 0.25) is 10.0 Å². The van der Waals surface area contributed by atoms with Gasteiger partial charge in [-0.2, -0.15) is 0 Å². The van der Waals surface area contributed by atoms with Crippen LogP contribution in [0.15, 0.2) is 60.0 Å². The largest absolute Gasteiger partial charge is 0.283 e. The molecule has 0 unspecified atom stereocenters. The molecule has 3 aromatic rings. The van der Waals surface area contributed by atoms with E-state index in [1.165, 1.54) is 11.5 Å². The average molecular weight is 331 g/mol. The molecule has 112 valence electrons. The number of rotatable bonds is 5. The van der Waals surface area contributed by atoms with E-state index in [0.29, 0.717) is 5.69 Å². The Morgan fingerprint density at radius 1 is 1.00 bits per heavy atom. The zero-order chi connectivity index (χ0) is 15.4. The number of nitrogens with zero attached hydrogens (tertiary/aromatic N) is 2. The summed E-state index contributed by atoms with van der Waals surface area (Å²) in [6.07, 6.45) is 0. The van der Waals surface area contributed by atoms with Crippen LogP contribution in [0, 0.1) is 0 Å². The van der Waals surface area contributed by atoms with Gasteiger partial charge in [0, 0.05) is 16.6 Å². The Morgan fingerprint density at radius 2 is 1.73 bits per heavy atom. The van der Waals surface area contributed by atoms with E-state index in [2.05, 4.69) is 14.3 Å². The van der Waals surface area contributed by atoms with Gasteiger partial charge in [0.15, 0.2) is 0 Å². The maximum atomic E-state index is 12.2. The normalized spacial score (nSPS) is 11.3. The van der Waals surface area contributed by atoms with Crippen molar-refractivity contribution in [3.63, 3.8) is 0 Å². The van der Waals surface area contributed by atoms with Crippen LogP contribution in [-0.2, 0) is 15.8 Å². The Hall–Kier alpha value is -2.25. The molecule has 1 heterocycles. The second kappa shape index (κ2) is 6.25. The number of anilines is 1. The molecule has 0 atom stereocenters. The fraction of sp³-hybridized carbons (Fsp3) is 0.0667. The molecular weight excluding hydrogens is 318 g/mol. The molecule has 1 N–H and O–H groups in total. The van der Waals surface area contributed by atoms with Crippen molar-refractivity contribution in [3.05, 3.63) is 65.5 Å². The number of nitrogens with one attached hydrogen (secondary N) is 1. The quantitative estimate of drug-likeness (QED) is 0.779. The van der Waals surface area contributed by atoms with Gasteiger partial charge in [-0.1, -0.05) is 47.0 Å². The van der Waals surface area contributed by atoms with Crippen molar-refractivity contribution >= 4 is 27.2 Å². The summed E-state index contributed by atoms with van der Waals surface area (Å²) in [6, 6.07) is 16.1. The van der Waals surface area contributed by atoms with Gasteiger partial charge in [-0.15, -0.1) is 5.10 Å². The summed E-state index contributed by atoms with van der Waals surface area (Å²) in [5.74, 6) is -0.0500. The summed E-state index contributed by atoms with van der Waals surface area (Å²) in [7, 11) is -3.43. The minimum atomic E-state index is -3.43. The van der Waals surface area contributed by atoms with Gasteiger partial charge < -0.3 is 0 Å². The Bertz CT molecular complexity index is 830. The molecule has 0 saturated carbocycles. The molecule has 1 aromatic heterocycles. The highest BCUT2D eigenvalue weighted by molar-refractivity contribution is 7.91. The fourth-order valence-electron chi connectivity index (χ4n) is 2.01. The SMILES string of the molecule is O=S(=O)(Cc1ccccc1)Nc1ccc(-c2csnn2)cc1. The van der Waals surface area contributed by atoms with Crippen LogP contribution in [0.2, 0.25) is 0 Å². The van der Waals surface area contributed by atoms with E-state index in [1.807, 2.05) is 35.7 Å². The van der Waals surface area contributed by atoms with E-state index in [1.54, 1.807) is 24.3 Å². The molecule has 0 radical (unpaired) electrons. The second-order valence-electron chi connectivity index (χ2n) is 4.71. The fourth-order valence-corrected chi connectivity index (χ4v) is 3.67. The minimum Gasteiger partial charge on any atom is -0.283 e. The lowest BCUT2D eigenvalue weighted by Crippen LogP contribution is -2.14. The highest BCUT2D eigenvalue weighted by atomic mass is 32.2. The van der Waals surface area contributed by atoms with Crippen LogP contribution in [0.3, 0.4) is 0 Å². The topological polar surface area (TPSA) is 72.0 Å².